The summed E-state index contributed by atoms with van der Waals surface area (Å²) in [6.07, 6.45) is 8.32. The predicted octanol–water partition coefficient (Wildman–Crippen LogP) is 5.32. The highest BCUT2D eigenvalue weighted by Gasteiger charge is 2.21. The van der Waals surface area contributed by atoms with Crippen molar-refractivity contribution in [3.63, 3.8) is 0 Å². The van der Waals surface area contributed by atoms with Crippen LogP contribution in [-0.2, 0) is 9.53 Å². The van der Waals surface area contributed by atoms with Gasteiger partial charge in [0.15, 0.2) is 0 Å². The van der Waals surface area contributed by atoms with Gasteiger partial charge in [-0.3, -0.25) is 4.79 Å². The Morgan fingerprint density at radius 1 is 1.22 bits per heavy atom. The van der Waals surface area contributed by atoms with Crippen molar-refractivity contribution in [2.45, 2.75) is 71.0 Å². The Balaban J connectivity index is 0. The molecule has 110 valence electrons. The lowest BCUT2D eigenvalue weighted by molar-refractivity contribution is -0.140. The van der Waals surface area contributed by atoms with Crippen LogP contribution >= 0.6 is 21.6 Å². The molecule has 4 heteroatoms. The zero-order valence-corrected chi connectivity index (χ0v) is 14.5. The topological polar surface area (TPSA) is 26.3 Å². The van der Waals surface area contributed by atoms with Crippen LogP contribution in [0.5, 0.6) is 0 Å². The molecule has 0 heterocycles. The first kappa shape index (κ1) is 20.5. The highest BCUT2D eigenvalue weighted by Crippen LogP contribution is 2.40. The van der Waals surface area contributed by atoms with E-state index in [9.17, 15) is 4.79 Å². The quantitative estimate of drug-likeness (QED) is 0.344. The lowest BCUT2D eigenvalue weighted by Gasteiger charge is -2.26. The van der Waals surface area contributed by atoms with Gasteiger partial charge in [-0.15, -0.1) is 0 Å². The largest absolute Gasteiger partial charge is 0.469 e. The number of hydrogen-bond acceptors (Lipinski definition) is 4. The number of unbranched alkanes of at least 4 members (excludes halogenated alkanes) is 1. The Hall–Kier alpha value is 0.170. The van der Waals surface area contributed by atoms with Crippen molar-refractivity contribution in [2.75, 3.05) is 13.4 Å². The molecule has 0 aliphatic carbocycles. The van der Waals surface area contributed by atoms with Crippen molar-refractivity contribution in [3.8, 4) is 0 Å². The van der Waals surface area contributed by atoms with Crippen molar-refractivity contribution in [1.29, 1.82) is 0 Å². The summed E-state index contributed by atoms with van der Waals surface area (Å²) in [6.45, 7) is 8.77. The van der Waals surface area contributed by atoms with Gasteiger partial charge in [0.1, 0.15) is 0 Å². The second kappa shape index (κ2) is 13.6. The fourth-order valence-electron chi connectivity index (χ4n) is 1.35. The van der Waals surface area contributed by atoms with E-state index in [0.29, 0.717) is 11.2 Å². The van der Waals surface area contributed by atoms with E-state index >= 15 is 0 Å². The van der Waals surface area contributed by atoms with Gasteiger partial charge in [0.2, 0.25) is 0 Å². The molecule has 0 fully saturated rings. The SMILES string of the molecule is CCC.CC[C@@](C)(CCCCC(=O)OC)SSC. The molecule has 0 aromatic heterocycles. The Bertz CT molecular complexity index is 198. The summed E-state index contributed by atoms with van der Waals surface area (Å²) in [5, 5.41) is 0. The molecule has 0 bridgehead atoms. The second-order valence-corrected chi connectivity index (χ2v) is 7.53. The van der Waals surface area contributed by atoms with E-state index in [1.807, 2.05) is 21.6 Å². The average molecular weight is 295 g/mol. The standard InChI is InChI=1S/C11H22O2S2.C3H8/c1-5-11(2,15-14-4)9-7-6-8-10(12)13-3;1-3-2/h5-9H2,1-4H3;3H2,1-2H3/t11-;/m0./s1. The van der Waals surface area contributed by atoms with Gasteiger partial charge in [0, 0.05) is 11.2 Å². The molecule has 0 saturated heterocycles. The van der Waals surface area contributed by atoms with E-state index < -0.39 is 0 Å². The second-order valence-electron chi connectivity index (χ2n) is 4.54. The molecule has 0 amide bonds. The highest BCUT2D eigenvalue weighted by atomic mass is 33.1. The smallest absolute Gasteiger partial charge is 0.305 e. The van der Waals surface area contributed by atoms with Crippen molar-refractivity contribution >= 4 is 27.6 Å². The maximum absolute atomic E-state index is 10.9. The Morgan fingerprint density at radius 2 is 1.78 bits per heavy atom. The van der Waals surface area contributed by atoms with Gasteiger partial charge in [-0.05, 0) is 32.4 Å². The first-order valence-electron chi connectivity index (χ1n) is 6.78. The molecule has 18 heavy (non-hydrogen) atoms. The van der Waals surface area contributed by atoms with Crippen LogP contribution < -0.4 is 0 Å². The van der Waals surface area contributed by atoms with E-state index in [-0.39, 0.29) is 5.97 Å². The molecular formula is C14H30O2S2. The van der Waals surface area contributed by atoms with Gasteiger partial charge in [-0.2, -0.15) is 0 Å². The molecule has 0 aromatic carbocycles. The Labute approximate surface area is 121 Å². The number of carbonyl (C=O) groups excluding carboxylic acids is 1. The monoisotopic (exact) mass is 294 g/mol. The summed E-state index contributed by atoms with van der Waals surface area (Å²) in [4.78, 5) is 10.9. The molecule has 0 unspecified atom stereocenters. The number of rotatable bonds is 8. The van der Waals surface area contributed by atoms with Gasteiger partial charge in [-0.1, -0.05) is 55.2 Å². The molecule has 0 N–H and O–H groups in total. The molecule has 1 atom stereocenters. The lowest BCUT2D eigenvalue weighted by atomic mass is 10.00. The summed E-state index contributed by atoms with van der Waals surface area (Å²) >= 11 is 0. The van der Waals surface area contributed by atoms with Crippen molar-refractivity contribution in [3.05, 3.63) is 0 Å². The maximum atomic E-state index is 10.9. The Kier molecular flexibility index (Phi) is 15.5. The van der Waals surface area contributed by atoms with Gasteiger partial charge in [0.25, 0.3) is 0 Å². The van der Waals surface area contributed by atoms with Crippen molar-refractivity contribution < 1.29 is 9.53 Å². The minimum atomic E-state index is -0.0919. The van der Waals surface area contributed by atoms with Gasteiger partial charge >= 0.3 is 5.97 Å². The normalized spacial score (nSPS) is 13.2. The van der Waals surface area contributed by atoms with Crippen LogP contribution in [0.15, 0.2) is 0 Å². The minimum Gasteiger partial charge on any atom is -0.469 e. The third-order valence-corrected chi connectivity index (χ3v) is 5.37. The summed E-state index contributed by atoms with van der Waals surface area (Å²) in [7, 11) is 5.22. The average Bonchev–Trinajstić information content (AvgIpc) is 2.35. The van der Waals surface area contributed by atoms with Crippen LogP contribution in [-0.4, -0.2) is 24.1 Å². The maximum Gasteiger partial charge on any atom is 0.305 e. The highest BCUT2D eigenvalue weighted by molar-refractivity contribution is 8.76. The summed E-state index contributed by atoms with van der Waals surface area (Å²) < 4.78 is 4.96. The number of methoxy groups -OCH3 is 1. The number of ether oxygens (including phenoxy) is 1. The predicted molar refractivity (Wildman–Crippen MR) is 86.3 cm³/mol. The molecule has 2 nitrogen and oxygen atoms in total. The molecular weight excluding hydrogens is 264 g/mol. The van der Waals surface area contributed by atoms with E-state index in [1.54, 1.807) is 0 Å². The van der Waals surface area contributed by atoms with E-state index in [4.69, 9.17) is 0 Å². The van der Waals surface area contributed by atoms with Gasteiger partial charge in [-0.25, -0.2) is 0 Å². The number of hydrogen-bond donors (Lipinski definition) is 0. The third-order valence-electron chi connectivity index (χ3n) is 2.60. The zero-order valence-electron chi connectivity index (χ0n) is 12.9. The van der Waals surface area contributed by atoms with Crippen molar-refractivity contribution in [1.82, 2.24) is 0 Å². The van der Waals surface area contributed by atoms with Crippen LogP contribution in [0.3, 0.4) is 0 Å². The molecule has 0 spiro atoms. The van der Waals surface area contributed by atoms with E-state index in [0.717, 1.165) is 12.8 Å². The first-order chi connectivity index (χ1) is 8.49. The third kappa shape index (κ3) is 12.6. The van der Waals surface area contributed by atoms with Crippen LogP contribution in [0.2, 0.25) is 0 Å². The fourth-order valence-corrected chi connectivity index (χ4v) is 3.91. The summed E-state index contributed by atoms with van der Waals surface area (Å²) in [5.41, 5.74) is 0. The fraction of sp³-hybridized carbons (Fsp3) is 0.929. The van der Waals surface area contributed by atoms with Crippen molar-refractivity contribution in [2.24, 2.45) is 0 Å². The molecule has 0 aromatic rings. The van der Waals surface area contributed by atoms with Crippen LogP contribution in [0.4, 0.5) is 0 Å². The summed E-state index contributed by atoms with van der Waals surface area (Å²) in [5.74, 6) is -0.0919. The van der Waals surface area contributed by atoms with Crippen LogP contribution in [0.25, 0.3) is 0 Å². The van der Waals surface area contributed by atoms with E-state index in [2.05, 4.69) is 38.7 Å². The molecule has 0 rings (SSSR count). The minimum absolute atomic E-state index is 0.0919. The zero-order chi connectivity index (χ0) is 14.4. The Morgan fingerprint density at radius 3 is 2.17 bits per heavy atom. The lowest BCUT2D eigenvalue weighted by Crippen LogP contribution is -2.17. The summed E-state index contributed by atoms with van der Waals surface area (Å²) in [6, 6.07) is 0. The van der Waals surface area contributed by atoms with Crippen LogP contribution in [0.1, 0.15) is 66.2 Å². The molecule has 0 saturated carbocycles. The molecule has 0 radical (unpaired) electrons. The number of carbonyl (C=O) groups is 1. The van der Waals surface area contributed by atoms with Gasteiger partial charge < -0.3 is 4.74 Å². The van der Waals surface area contributed by atoms with E-state index in [1.165, 1.54) is 26.4 Å². The molecule has 0 aliphatic rings. The first-order valence-corrected chi connectivity index (χ1v) is 9.34. The molecule has 0 aliphatic heterocycles. The number of esters is 1. The van der Waals surface area contributed by atoms with Crippen LogP contribution in [0, 0.1) is 0 Å². The van der Waals surface area contributed by atoms with Gasteiger partial charge in [0.05, 0.1) is 7.11 Å².